The van der Waals surface area contributed by atoms with Crippen LogP contribution in [0.5, 0.6) is 0 Å². The van der Waals surface area contributed by atoms with E-state index in [9.17, 15) is 19.2 Å². The maximum absolute atomic E-state index is 13.2. The molecule has 0 unspecified atom stereocenters. The van der Waals surface area contributed by atoms with Crippen molar-refractivity contribution in [3.63, 3.8) is 0 Å². The molecule has 2 aromatic carbocycles. The van der Waals surface area contributed by atoms with Crippen molar-refractivity contribution in [2.24, 2.45) is 0 Å². The van der Waals surface area contributed by atoms with E-state index in [1.807, 2.05) is 0 Å². The van der Waals surface area contributed by atoms with Crippen molar-refractivity contribution < 1.29 is 4.79 Å². The molecule has 10 heteroatoms. The number of carbonyl (C=O) groups excluding carboxylic acids is 1. The molecule has 0 bridgehead atoms. The number of nitrogens with one attached hydrogen (secondary N) is 4. The van der Waals surface area contributed by atoms with Crippen LogP contribution in [0.15, 0.2) is 56.8 Å². The summed E-state index contributed by atoms with van der Waals surface area (Å²) in [4.78, 5) is 54.2. The van der Waals surface area contributed by atoms with Gasteiger partial charge in [0.05, 0.1) is 12.1 Å². The highest BCUT2D eigenvalue weighted by molar-refractivity contribution is 6.31. The number of hydrogen-bond acceptors (Lipinski definition) is 4. The predicted molar refractivity (Wildman–Crippen MR) is 137 cm³/mol. The van der Waals surface area contributed by atoms with Crippen molar-refractivity contribution >= 4 is 45.1 Å². The van der Waals surface area contributed by atoms with Crippen molar-refractivity contribution in [3.05, 3.63) is 84.0 Å². The van der Waals surface area contributed by atoms with Crippen LogP contribution in [0.4, 0.5) is 10.5 Å². The number of rotatable bonds is 4. The van der Waals surface area contributed by atoms with E-state index in [4.69, 9.17) is 11.6 Å². The Hall–Kier alpha value is -3.85. The maximum Gasteiger partial charge on any atom is 0.319 e. The number of anilines is 1. The van der Waals surface area contributed by atoms with Gasteiger partial charge in [-0.1, -0.05) is 43.0 Å². The molecule has 4 N–H and O–H groups in total. The molecule has 1 fully saturated rings. The largest absolute Gasteiger partial charge is 0.350 e. The third-order valence-corrected chi connectivity index (χ3v) is 6.59. The molecule has 2 amide bonds. The number of nitrogens with zero attached hydrogens (tertiary/aromatic N) is 1. The molecule has 2 heterocycles. The Bertz CT molecular complexity index is 1610. The minimum Gasteiger partial charge on any atom is -0.350 e. The Morgan fingerprint density at radius 2 is 1.86 bits per heavy atom. The number of aromatic nitrogens is 3. The number of pyridine rings is 1. The molecule has 4 aromatic rings. The van der Waals surface area contributed by atoms with Gasteiger partial charge in [0.2, 0.25) is 5.43 Å². The van der Waals surface area contributed by atoms with Gasteiger partial charge in [-0.2, -0.15) is 0 Å². The summed E-state index contributed by atoms with van der Waals surface area (Å²) in [5, 5.41) is 8.81. The van der Waals surface area contributed by atoms with Crippen LogP contribution in [0.2, 0.25) is 5.02 Å². The fourth-order valence-electron chi connectivity index (χ4n) is 4.64. The Balaban J connectivity index is 1.43. The smallest absolute Gasteiger partial charge is 0.319 e. The van der Waals surface area contributed by atoms with Crippen molar-refractivity contribution in [2.75, 3.05) is 5.32 Å². The number of aromatic amines is 2. The molecular weight excluding hydrogens is 470 g/mol. The Morgan fingerprint density at radius 1 is 1.06 bits per heavy atom. The summed E-state index contributed by atoms with van der Waals surface area (Å²) in [6.45, 7) is 0.0157. The van der Waals surface area contributed by atoms with Crippen LogP contribution in [0.25, 0.3) is 21.8 Å². The fourth-order valence-corrected chi connectivity index (χ4v) is 4.81. The van der Waals surface area contributed by atoms with Crippen molar-refractivity contribution in [2.45, 2.75) is 44.7 Å². The molecule has 2 aromatic heterocycles. The van der Waals surface area contributed by atoms with Crippen LogP contribution < -0.4 is 27.2 Å². The lowest BCUT2D eigenvalue weighted by Crippen LogP contribution is -2.39. The minimum atomic E-state index is -0.619. The first-order chi connectivity index (χ1) is 16.9. The van der Waals surface area contributed by atoms with Crippen molar-refractivity contribution in [1.82, 2.24) is 20.1 Å². The second-order valence-electron chi connectivity index (χ2n) is 8.86. The van der Waals surface area contributed by atoms with Gasteiger partial charge in [-0.3, -0.25) is 19.5 Å². The first kappa shape index (κ1) is 22.9. The normalized spacial score (nSPS) is 14.3. The molecule has 0 spiro atoms. The highest BCUT2D eigenvalue weighted by Gasteiger charge is 2.17. The molecular formula is C25H24ClN5O4. The lowest BCUT2D eigenvalue weighted by Gasteiger charge is -2.22. The number of carbonyl (C=O) groups is 1. The molecule has 5 rings (SSSR count). The first-order valence-corrected chi connectivity index (χ1v) is 11.9. The Kier molecular flexibility index (Phi) is 6.17. The van der Waals surface area contributed by atoms with Crippen LogP contribution in [0.3, 0.4) is 0 Å². The van der Waals surface area contributed by atoms with Gasteiger partial charge in [-0.05, 0) is 48.7 Å². The SMILES string of the molecule is O=C(Nc1cccc(Cn2[nH]c(=O)c3[nH]c4cc(Cl)ccc4c(=O)c3c2=O)c1)NC1CCCCC1. The summed E-state index contributed by atoms with van der Waals surface area (Å²) in [6, 6.07) is 11.5. The van der Waals surface area contributed by atoms with Gasteiger partial charge in [-0.25, -0.2) is 9.48 Å². The number of halogens is 1. The second kappa shape index (κ2) is 9.42. The average molecular weight is 494 g/mol. The quantitative estimate of drug-likeness (QED) is 0.323. The van der Waals surface area contributed by atoms with Crippen LogP contribution in [-0.4, -0.2) is 26.8 Å². The summed E-state index contributed by atoms with van der Waals surface area (Å²) in [7, 11) is 0. The molecule has 1 aliphatic rings. The summed E-state index contributed by atoms with van der Waals surface area (Å²) < 4.78 is 1.10. The number of urea groups is 1. The highest BCUT2D eigenvalue weighted by atomic mass is 35.5. The lowest BCUT2D eigenvalue weighted by molar-refractivity contribution is 0.244. The molecule has 0 atom stereocenters. The van der Waals surface area contributed by atoms with E-state index in [-0.39, 0.29) is 34.9 Å². The number of fused-ring (bicyclic) bond motifs is 2. The van der Waals surface area contributed by atoms with Gasteiger partial charge in [0.15, 0.2) is 0 Å². The zero-order valence-electron chi connectivity index (χ0n) is 18.8. The summed E-state index contributed by atoms with van der Waals surface area (Å²) in [5.74, 6) is 0. The molecule has 180 valence electrons. The molecule has 0 aliphatic heterocycles. The van der Waals surface area contributed by atoms with E-state index in [1.165, 1.54) is 18.6 Å². The van der Waals surface area contributed by atoms with E-state index in [0.29, 0.717) is 21.8 Å². The lowest BCUT2D eigenvalue weighted by atomic mass is 9.96. The summed E-state index contributed by atoms with van der Waals surface area (Å²) in [5.41, 5.74) is -0.242. The third-order valence-electron chi connectivity index (χ3n) is 6.35. The monoisotopic (exact) mass is 493 g/mol. The molecule has 0 radical (unpaired) electrons. The molecule has 1 aliphatic carbocycles. The predicted octanol–water partition coefficient (Wildman–Crippen LogP) is 3.69. The van der Waals surface area contributed by atoms with Gasteiger partial charge in [-0.15, -0.1) is 0 Å². The Morgan fingerprint density at radius 3 is 2.66 bits per heavy atom. The Labute approximate surface area is 204 Å². The summed E-state index contributed by atoms with van der Waals surface area (Å²) in [6.07, 6.45) is 5.39. The second-order valence-corrected chi connectivity index (χ2v) is 9.30. The van der Waals surface area contributed by atoms with Gasteiger partial charge in [0.1, 0.15) is 10.9 Å². The number of hydrogen-bond donors (Lipinski definition) is 4. The maximum atomic E-state index is 13.2. The first-order valence-electron chi connectivity index (χ1n) is 11.5. The average Bonchev–Trinajstić information content (AvgIpc) is 2.83. The molecule has 35 heavy (non-hydrogen) atoms. The molecule has 1 saturated carbocycles. The van der Waals surface area contributed by atoms with E-state index in [0.717, 1.165) is 30.4 Å². The zero-order valence-corrected chi connectivity index (χ0v) is 19.6. The van der Waals surface area contributed by atoms with Crippen molar-refractivity contribution in [3.8, 4) is 0 Å². The highest BCUT2D eigenvalue weighted by Crippen LogP contribution is 2.18. The topological polar surface area (TPSA) is 129 Å². The van der Waals surface area contributed by atoms with Crippen LogP contribution in [-0.2, 0) is 6.54 Å². The third kappa shape index (κ3) is 4.72. The molecule has 0 saturated heterocycles. The standard InChI is InChI=1S/C25H24ClN5O4/c26-15-9-10-18-19(12-15)29-21-20(22(18)32)24(34)31(30-23(21)33)13-14-5-4-8-17(11-14)28-25(35)27-16-6-2-1-3-7-16/h4-5,8-12,16H,1-3,6-7,13H2,(H,29,32)(H,30,33)(H2,27,28,35). The van der Waals surface area contributed by atoms with Crippen LogP contribution >= 0.6 is 11.6 Å². The van der Waals surface area contributed by atoms with E-state index < -0.39 is 16.5 Å². The summed E-state index contributed by atoms with van der Waals surface area (Å²) >= 11 is 6.00. The van der Waals surface area contributed by atoms with E-state index in [1.54, 1.807) is 30.3 Å². The fraction of sp³-hybridized carbons (Fsp3) is 0.280. The number of benzene rings is 2. The van der Waals surface area contributed by atoms with Gasteiger partial charge >= 0.3 is 6.03 Å². The number of H-pyrrole nitrogens is 2. The van der Waals surface area contributed by atoms with Crippen LogP contribution in [0, 0.1) is 0 Å². The van der Waals surface area contributed by atoms with E-state index >= 15 is 0 Å². The van der Waals surface area contributed by atoms with Gasteiger partial charge in [0.25, 0.3) is 11.1 Å². The van der Waals surface area contributed by atoms with Gasteiger partial charge in [0, 0.05) is 22.1 Å². The van der Waals surface area contributed by atoms with Crippen molar-refractivity contribution in [1.29, 1.82) is 0 Å². The van der Waals surface area contributed by atoms with E-state index in [2.05, 4.69) is 20.7 Å². The van der Waals surface area contributed by atoms with Gasteiger partial charge < -0.3 is 15.6 Å². The number of amides is 2. The minimum absolute atomic E-state index is 0.0157. The van der Waals surface area contributed by atoms with Crippen LogP contribution in [0.1, 0.15) is 37.7 Å². The zero-order chi connectivity index (χ0) is 24.5. The molecule has 9 nitrogen and oxygen atoms in total.